The maximum atomic E-state index is 14.6. The second kappa shape index (κ2) is 6.13. The molecule has 0 bridgehead atoms. The third-order valence-corrected chi connectivity index (χ3v) is 7.69. The van der Waals surface area contributed by atoms with Crippen LogP contribution in [0.3, 0.4) is 0 Å². The highest BCUT2D eigenvalue weighted by Crippen LogP contribution is 2.49. The van der Waals surface area contributed by atoms with Crippen LogP contribution in [0, 0.1) is 5.92 Å². The second-order valence-corrected chi connectivity index (χ2v) is 9.07. The van der Waals surface area contributed by atoms with Gasteiger partial charge in [-0.15, -0.1) is 0 Å². The molecule has 1 aromatic rings. The lowest BCUT2D eigenvalue weighted by atomic mass is 9.68. The van der Waals surface area contributed by atoms with Crippen LogP contribution in [0.5, 0.6) is 0 Å². The van der Waals surface area contributed by atoms with E-state index < -0.39 is 11.6 Å². The van der Waals surface area contributed by atoms with Gasteiger partial charge in [-0.2, -0.15) is 0 Å². The van der Waals surface area contributed by atoms with Crippen molar-refractivity contribution in [2.45, 2.75) is 64.3 Å². The smallest absolute Gasteiger partial charge is 0.343 e. The molecule has 1 saturated carbocycles. The standard InChI is InChI=1S/C24H23FN2O4/c1-3-24(30)16-7-19-21-14(9-27(19)22(28)15(16)10-31-23(24)29)13-6-4-5-12-11(2)17(25)8-18(26-21)20(12)13/h7-8,18,20,30H,3-6,9-10H2,1-2H3/t18?,20?,24-/m0/s1. The summed E-state index contributed by atoms with van der Waals surface area (Å²) in [5.74, 6) is -0.873. The minimum Gasteiger partial charge on any atom is -0.458 e. The first-order valence-electron chi connectivity index (χ1n) is 10.9. The Morgan fingerprint density at radius 3 is 2.87 bits per heavy atom. The van der Waals surface area contributed by atoms with E-state index in [1.807, 2.05) is 6.92 Å². The number of hydrogen-bond donors (Lipinski definition) is 1. The molecule has 2 unspecified atom stereocenters. The molecule has 0 aromatic carbocycles. The first-order chi connectivity index (χ1) is 14.8. The number of aliphatic hydroxyl groups is 1. The molecule has 4 heterocycles. The summed E-state index contributed by atoms with van der Waals surface area (Å²) in [6.07, 6.45) is 4.44. The number of dihydropyridines is 1. The molecule has 7 heteroatoms. The lowest BCUT2D eigenvalue weighted by molar-refractivity contribution is -0.172. The van der Waals surface area contributed by atoms with E-state index in [2.05, 4.69) is 0 Å². The van der Waals surface area contributed by atoms with Gasteiger partial charge in [-0.3, -0.25) is 9.79 Å². The van der Waals surface area contributed by atoms with Crippen molar-refractivity contribution in [2.75, 3.05) is 0 Å². The van der Waals surface area contributed by atoms with E-state index in [9.17, 15) is 19.1 Å². The molecule has 6 rings (SSSR count). The predicted octanol–water partition coefficient (Wildman–Crippen LogP) is 2.97. The van der Waals surface area contributed by atoms with Crippen LogP contribution in [0.25, 0.3) is 0 Å². The number of aliphatic imine (C=N–C) groups is 1. The van der Waals surface area contributed by atoms with E-state index in [0.29, 0.717) is 29.1 Å². The minimum atomic E-state index is -1.84. The maximum absolute atomic E-state index is 14.6. The van der Waals surface area contributed by atoms with Crippen molar-refractivity contribution < 1.29 is 19.0 Å². The minimum absolute atomic E-state index is 0.0733. The number of esters is 1. The van der Waals surface area contributed by atoms with Crippen molar-refractivity contribution in [1.82, 2.24) is 4.57 Å². The summed E-state index contributed by atoms with van der Waals surface area (Å²) >= 11 is 0. The molecule has 0 saturated heterocycles. The third kappa shape index (κ3) is 2.27. The molecule has 6 nitrogen and oxygen atoms in total. The van der Waals surface area contributed by atoms with E-state index in [1.165, 1.54) is 5.57 Å². The number of fused-ring (bicyclic) bond motifs is 4. The number of allylic oxidation sites excluding steroid dienone is 3. The molecule has 5 aliphatic rings. The van der Waals surface area contributed by atoms with Gasteiger partial charge in [0.05, 0.1) is 29.6 Å². The Morgan fingerprint density at radius 1 is 1.32 bits per heavy atom. The zero-order valence-electron chi connectivity index (χ0n) is 17.5. The van der Waals surface area contributed by atoms with E-state index in [-0.39, 0.29) is 36.4 Å². The molecule has 3 atom stereocenters. The number of rotatable bonds is 1. The highest BCUT2D eigenvalue weighted by molar-refractivity contribution is 6.15. The molecular weight excluding hydrogens is 399 g/mol. The topological polar surface area (TPSA) is 80.9 Å². The van der Waals surface area contributed by atoms with Crippen molar-refractivity contribution in [3.63, 3.8) is 0 Å². The number of ether oxygens (including phenoxy) is 1. The van der Waals surface area contributed by atoms with Crippen molar-refractivity contribution in [1.29, 1.82) is 0 Å². The Bertz CT molecular complexity index is 1260. The molecule has 1 aromatic heterocycles. The monoisotopic (exact) mass is 422 g/mol. The summed E-state index contributed by atoms with van der Waals surface area (Å²) in [5.41, 5.74) is 3.96. The lowest BCUT2D eigenvalue weighted by Gasteiger charge is -2.39. The zero-order valence-corrected chi connectivity index (χ0v) is 17.5. The lowest BCUT2D eigenvalue weighted by Crippen LogP contribution is -2.44. The molecular formula is C24H23FN2O4. The number of carbonyl (C=O) groups excluding carboxylic acids is 1. The average molecular weight is 422 g/mol. The second-order valence-electron chi connectivity index (χ2n) is 9.07. The number of nitrogens with zero attached hydrogens (tertiary/aromatic N) is 2. The number of carbonyl (C=O) groups is 1. The van der Waals surface area contributed by atoms with Gasteiger partial charge in [-0.1, -0.05) is 18.1 Å². The fourth-order valence-electron chi connectivity index (χ4n) is 5.99. The Hall–Kier alpha value is -2.80. The van der Waals surface area contributed by atoms with Gasteiger partial charge in [0.2, 0.25) is 0 Å². The molecule has 2 aliphatic carbocycles. The number of cyclic esters (lactones) is 1. The molecule has 160 valence electrons. The SMILES string of the molecule is CC[C@@]1(O)C(=O)OCc2c1cc1n(c2=O)CC2=C3CCCC4=C(C)C(F)=CC(N=C21)C43. The summed E-state index contributed by atoms with van der Waals surface area (Å²) in [6, 6.07) is 1.40. The van der Waals surface area contributed by atoms with Gasteiger partial charge in [-0.05, 0) is 55.9 Å². The van der Waals surface area contributed by atoms with Crippen molar-refractivity contribution in [2.24, 2.45) is 10.9 Å². The fourth-order valence-corrected chi connectivity index (χ4v) is 5.99. The van der Waals surface area contributed by atoms with Crippen LogP contribution in [0.4, 0.5) is 4.39 Å². The van der Waals surface area contributed by atoms with Crippen LogP contribution in [-0.2, 0) is 28.3 Å². The Balaban J connectivity index is 1.59. The number of halogens is 1. The van der Waals surface area contributed by atoms with Gasteiger partial charge in [0.25, 0.3) is 5.56 Å². The number of aromatic nitrogens is 1. The largest absolute Gasteiger partial charge is 0.458 e. The van der Waals surface area contributed by atoms with Gasteiger partial charge >= 0.3 is 5.97 Å². The Labute approximate surface area is 178 Å². The highest BCUT2D eigenvalue weighted by Gasteiger charge is 2.47. The molecule has 31 heavy (non-hydrogen) atoms. The van der Waals surface area contributed by atoms with E-state index in [1.54, 1.807) is 23.6 Å². The van der Waals surface area contributed by atoms with Gasteiger partial charge in [-0.25, -0.2) is 9.18 Å². The third-order valence-electron chi connectivity index (χ3n) is 7.69. The summed E-state index contributed by atoms with van der Waals surface area (Å²) in [6.45, 7) is 3.80. The summed E-state index contributed by atoms with van der Waals surface area (Å²) < 4.78 is 21.4. The molecule has 0 spiro atoms. The molecule has 3 aliphatic heterocycles. The van der Waals surface area contributed by atoms with Crippen LogP contribution in [0.2, 0.25) is 0 Å². The maximum Gasteiger partial charge on any atom is 0.343 e. The molecule has 0 amide bonds. The molecule has 0 radical (unpaired) electrons. The molecule has 1 N–H and O–H groups in total. The van der Waals surface area contributed by atoms with Crippen LogP contribution >= 0.6 is 0 Å². The first kappa shape index (κ1) is 18.9. The summed E-state index contributed by atoms with van der Waals surface area (Å²) in [4.78, 5) is 30.6. The average Bonchev–Trinajstić information content (AvgIpc) is 3.14. The van der Waals surface area contributed by atoms with Crippen LogP contribution in [0.15, 0.2) is 50.0 Å². The van der Waals surface area contributed by atoms with Crippen molar-refractivity contribution in [3.8, 4) is 0 Å². The quantitative estimate of drug-likeness (QED) is 0.706. The van der Waals surface area contributed by atoms with Crippen LogP contribution in [0.1, 0.15) is 56.4 Å². The normalized spacial score (nSPS) is 30.8. The molecule has 1 fully saturated rings. The Kier molecular flexibility index (Phi) is 3.74. The zero-order chi connectivity index (χ0) is 21.7. The van der Waals surface area contributed by atoms with E-state index in [4.69, 9.17) is 9.73 Å². The van der Waals surface area contributed by atoms with Crippen molar-refractivity contribution in [3.05, 3.63) is 67.4 Å². The number of pyridine rings is 1. The first-order valence-corrected chi connectivity index (χ1v) is 10.9. The number of hydrogen-bond acceptors (Lipinski definition) is 5. The van der Waals surface area contributed by atoms with E-state index in [0.717, 1.165) is 36.0 Å². The summed E-state index contributed by atoms with van der Waals surface area (Å²) in [7, 11) is 0. The van der Waals surface area contributed by atoms with Gasteiger partial charge in [0.15, 0.2) is 5.60 Å². The van der Waals surface area contributed by atoms with Crippen LogP contribution < -0.4 is 5.56 Å². The fraction of sp³-hybridized carbons (Fsp3) is 0.458. The van der Waals surface area contributed by atoms with Gasteiger partial charge in [0.1, 0.15) is 12.4 Å². The Morgan fingerprint density at radius 2 is 2.10 bits per heavy atom. The van der Waals surface area contributed by atoms with Crippen LogP contribution in [-0.4, -0.2) is 27.4 Å². The van der Waals surface area contributed by atoms with Gasteiger partial charge in [0, 0.05) is 11.5 Å². The van der Waals surface area contributed by atoms with Gasteiger partial charge < -0.3 is 14.4 Å². The predicted molar refractivity (Wildman–Crippen MR) is 111 cm³/mol. The van der Waals surface area contributed by atoms with E-state index >= 15 is 0 Å². The highest BCUT2D eigenvalue weighted by atomic mass is 19.1. The van der Waals surface area contributed by atoms with Crippen molar-refractivity contribution >= 4 is 11.7 Å². The summed E-state index contributed by atoms with van der Waals surface area (Å²) in [5, 5.41) is 11.0.